The number of amides is 1. The molecule has 5 heteroatoms. The molecular weight excluding hydrogens is 414 g/mol. The second-order valence-corrected chi connectivity index (χ2v) is 8.99. The van der Waals surface area contributed by atoms with E-state index in [1.54, 1.807) is 0 Å². The lowest BCUT2D eigenvalue weighted by Crippen LogP contribution is -2.59. The van der Waals surface area contributed by atoms with Crippen molar-refractivity contribution in [1.82, 2.24) is 10.3 Å². The van der Waals surface area contributed by atoms with Crippen LogP contribution in [0.15, 0.2) is 72.8 Å². The van der Waals surface area contributed by atoms with Crippen LogP contribution in [0.3, 0.4) is 0 Å². The van der Waals surface area contributed by atoms with E-state index in [4.69, 9.17) is 12.2 Å². The number of rotatable bonds is 2. The molecule has 1 amide bonds. The van der Waals surface area contributed by atoms with Crippen molar-refractivity contribution >= 4 is 39.7 Å². The number of aromatic nitrogens is 1. The van der Waals surface area contributed by atoms with E-state index in [0.29, 0.717) is 11.5 Å². The fraction of sp³-hybridized carbons (Fsp3) is 0.185. The number of fused-ring (bicyclic) bond motifs is 5. The predicted molar refractivity (Wildman–Crippen MR) is 132 cm³/mol. The largest absolute Gasteiger partial charge is 0.356 e. The van der Waals surface area contributed by atoms with Gasteiger partial charge >= 0.3 is 0 Å². The summed E-state index contributed by atoms with van der Waals surface area (Å²) in [6.07, 6.45) is 0. The number of hydrogen-bond donors (Lipinski definition) is 2. The van der Waals surface area contributed by atoms with Gasteiger partial charge in [-0.2, -0.15) is 0 Å². The molecule has 1 spiro atoms. The number of H-pyrrole nitrogens is 1. The lowest BCUT2D eigenvalue weighted by Gasteiger charge is -2.43. The van der Waals surface area contributed by atoms with Crippen molar-refractivity contribution in [3.8, 4) is 0 Å². The average Bonchev–Trinajstić information content (AvgIpc) is 3.30. The van der Waals surface area contributed by atoms with Crippen LogP contribution in [0.4, 0.5) is 5.69 Å². The number of para-hydroxylation sites is 2. The third kappa shape index (κ3) is 2.32. The van der Waals surface area contributed by atoms with Gasteiger partial charge in [-0.1, -0.05) is 72.9 Å². The fourth-order valence-electron chi connectivity index (χ4n) is 5.67. The molecule has 0 fully saturated rings. The maximum absolute atomic E-state index is 14.3. The number of carbonyl (C=O) groups excluding carboxylic acids is 1. The van der Waals surface area contributed by atoms with Crippen LogP contribution in [0.5, 0.6) is 0 Å². The van der Waals surface area contributed by atoms with E-state index in [1.165, 1.54) is 0 Å². The van der Waals surface area contributed by atoms with Crippen molar-refractivity contribution < 1.29 is 4.79 Å². The zero-order valence-corrected chi connectivity index (χ0v) is 18.8. The highest BCUT2D eigenvalue weighted by Crippen LogP contribution is 2.55. The lowest BCUT2D eigenvalue weighted by molar-refractivity contribution is -0.124. The number of aryl methyl sites for hydroxylation is 1. The first-order valence-corrected chi connectivity index (χ1v) is 11.4. The third-order valence-corrected chi connectivity index (χ3v) is 7.33. The Morgan fingerprint density at radius 1 is 1.00 bits per heavy atom. The normalized spacial score (nSPS) is 21.7. The van der Waals surface area contributed by atoms with Crippen molar-refractivity contribution in [2.75, 3.05) is 11.4 Å². The van der Waals surface area contributed by atoms with Gasteiger partial charge in [0.05, 0.1) is 5.69 Å². The number of aromatic amines is 1. The van der Waals surface area contributed by atoms with Gasteiger partial charge in [-0.05, 0) is 42.7 Å². The van der Waals surface area contributed by atoms with Crippen LogP contribution in [0.2, 0.25) is 0 Å². The zero-order valence-electron chi connectivity index (χ0n) is 18.0. The first-order valence-electron chi connectivity index (χ1n) is 11.0. The maximum atomic E-state index is 14.3. The van der Waals surface area contributed by atoms with Crippen LogP contribution < -0.4 is 10.2 Å². The molecule has 158 valence electrons. The van der Waals surface area contributed by atoms with Crippen molar-refractivity contribution in [2.24, 2.45) is 0 Å². The van der Waals surface area contributed by atoms with Gasteiger partial charge in [0.2, 0.25) is 0 Å². The molecule has 4 aromatic rings. The molecular formula is C27H23N3OS. The molecule has 2 atom stereocenters. The molecule has 0 saturated heterocycles. The molecule has 0 saturated carbocycles. The molecule has 1 aromatic heterocycles. The van der Waals surface area contributed by atoms with Crippen molar-refractivity contribution in [2.45, 2.75) is 25.3 Å². The average molecular weight is 438 g/mol. The number of nitrogens with zero attached hydrogens (tertiary/aromatic N) is 1. The van der Waals surface area contributed by atoms with Crippen LogP contribution in [0.25, 0.3) is 10.9 Å². The SMILES string of the molecule is CCN1C(=O)C2(NC(=S)c3[nH]c4ccccc4c3C2c2ccccc2C)c2ccccc21. The van der Waals surface area contributed by atoms with E-state index in [2.05, 4.69) is 53.6 Å². The second kappa shape index (κ2) is 6.78. The number of benzene rings is 3. The Labute approximate surface area is 192 Å². The van der Waals surface area contributed by atoms with E-state index < -0.39 is 5.54 Å². The molecule has 4 nitrogen and oxygen atoms in total. The summed E-state index contributed by atoms with van der Waals surface area (Å²) in [6.45, 7) is 4.75. The molecule has 0 radical (unpaired) electrons. The summed E-state index contributed by atoms with van der Waals surface area (Å²) in [5.41, 5.74) is 6.27. The first-order chi connectivity index (χ1) is 15.6. The number of hydrogen-bond acceptors (Lipinski definition) is 2. The summed E-state index contributed by atoms with van der Waals surface area (Å²) >= 11 is 5.89. The standard InChI is InChI=1S/C27H23N3OS/c1-3-30-21-15-9-7-13-19(21)27(26(30)31)23(17-11-5-4-10-16(17)2)22-18-12-6-8-14-20(18)28-24(22)25(32)29-27/h4-15,23,28H,3H2,1-2H3,(H,29,32). The molecule has 32 heavy (non-hydrogen) atoms. The highest BCUT2D eigenvalue weighted by molar-refractivity contribution is 7.80. The maximum Gasteiger partial charge on any atom is 0.258 e. The molecule has 2 aliphatic heterocycles. The van der Waals surface area contributed by atoms with Gasteiger partial charge in [-0.25, -0.2) is 0 Å². The number of thiocarbonyl (C=S) groups is 1. The number of carbonyl (C=O) groups is 1. The lowest BCUT2D eigenvalue weighted by atomic mass is 9.68. The molecule has 0 bridgehead atoms. The summed E-state index contributed by atoms with van der Waals surface area (Å²) in [7, 11) is 0. The zero-order chi connectivity index (χ0) is 22.0. The summed E-state index contributed by atoms with van der Waals surface area (Å²) in [6, 6.07) is 24.7. The number of likely N-dealkylation sites (N-methyl/N-ethyl adjacent to an activating group) is 1. The summed E-state index contributed by atoms with van der Waals surface area (Å²) < 4.78 is 0. The quantitative estimate of drug-likeness (QED) is 0.427. The van der Waals surface area contributed by atoms with Crippen molar-refractivity contribution in [3.63, 3.8) is 0 Å². The Morgan fingerprint density at radius 2 is 1.72 bits per heavy atom. The van der Waals surface area contributed by atoms with Gasteiger partial charge in [0.1, 0.15) is 4.99 Å². The molecule has 2 unspecified atom stereocenters. The smallest absolute Gasteiger partial charge is 0.258 e. The number of anilines is 1. The minimum absolute atomic E-state index is 0.0488. The van der Waals surface area contributed by atoms with E-state index >= 15 is 0 Å². The molecule has 6 rings (SSSR count). The summed E-state index contributed by atoms with van der Waals surface area (Å²) in [5.74, 6) is -0.181. The van der Waals surface area contributed by atoms with E-state index in [1.807, 2.05) is 48.2 Å². The van der Waals surface area contributed by atoms with Crippen LogP contribution in [-0.4, -0.2) is 22.4 Å². The van der Waals surface area contributed by atoms with Gasteiger partial charge in [-0.15, -0.1) is 0 Å². The summed E-state index contributed by atoms with van der Waals surface area (Å²) in [5, 5.41) is 4.67. The van der Waals surface area contributed by atoms with Crippen LogP contribution in [0.1, 0.15) is 40.8 Å². The molecule has 2 N–H and O–H groups in total. The number of nitrogens with one attached hydrogen (secondary N) is 2. The predicted octanol–water partition coefficient (Wildman–Crippen LogP) is 5.15. The monoisotopic (exact) mass is 437 g/mol. The van der Waals surface area contributed by atoms with Crippen LogP contribution in [-0.2, 0) is 10.3 Å². The second-order valence-electron chi connectivity index (χ2n) is 8.58. The summed E-state index contributed by atoms with van der Waals surface area (Å²) in [4.78, 5) is 20.3. The third-order valence-electron chi connectivity index (χ3n) is 7.02. The molecule has 0 aliphatic carbocycles. The Bertz CT molecular complexity index is 1420. The first kappa shape index (κ1) is 19.3. The Balaban J connectivity index is 1.76. The van der Waals surface area contributed by atoms with E-state index in [0.717, 1.165) is 44.5 Å². The minimum atomic E-state index is -0.992. The van der Waals surface area contributed by atoms with Gasteiger partial charge in [0.25, 0.3) is 5.91 Å². The van der Waals surface area contributed by atoms with Crippen molar-refractivity contribution in [3.05, 3.63) is 101 Å². The molecule has 2 aliphatic rings. The molecule has 3 aromatic carbocycles. The van der Waals surface area contributed by atoms with E-state index in [9.17, 15) is 4.79 Å². The van der Waals surface area contributed by atoms with E-state index in [-0.39, 0.29) is 11.8 Å². The highest BCUT2D eigenvalue weighted by Gasteiger charge is 2.60. The molecule has 3 heterocycles. The Morgan fingerprint density at radius 3 is 2.53 bits per heavy atom. The van der Waals surface area contributed by atoms with Crippen LogP contribution >= 0.6 is 12.2 Å². The fourth-order valence-corrected chi connectivity index (χ4v) is 5.99. The van der Waals surface area contributed by atoms with Gasteiger partial charge in [0, 0.05) is 34.6 Å². The van der Waals surface area contributed by atoms with Crippen molar-refractivity contribution in [1.29, 1.82) is 0 Å². The van der Waals surface area contributed by atoms with Crippen LogP contribution in [0, 0.1) is 6.92 Å². The Kier molecular flexibility index (Phi) is 4.08. The topological polar surface area (TPSA) is 48.1 Å². The highest BCUT2D eigenvalue weighted by atomic mass is 32.1. The Hall–Kier alpha value is -3.44. The van der Waals surface area contributed by atoms with Gasteiger partial charge < -0.3 is 15.2 Å². The minimum Gasteiger partial charge on any atom is -0.356 e. The van der Waals surface area contributed by atoms with Gasteiger partial charge in [0.15, 0.2) is 5.54 Å². The van der Waals surface area contributed by atoms with Gasteiger partial charge in [-0.3, -0.25) is 4.79 Å².